The van der Waals surface area contributed by atoms with Gasteiger partial charge in [0, 0.05) is 5.56 Å². The van der Waals surface area contributed by atoms with Crippen LogP contribution in [0, 0.1) is 6.92 Å². The van der Waals surface area contributed by atoms with Crippen LogP contribution in [-0.2, 0) is 0 Å². The Morgan fingerprint density at radius 2 is 1.73 bits per heavy atom. The number of hydrogen-bond acceptors (Lipinski definition) is 3. The van der Waals surface area contributed by atoms with E-state index in [-0.39, 0.29) is 0 Å². The smallest absolute Gasteiger partial charge is 0.128 e. The highest BCUT2D eigenvalue weighted by molar-refractivity contribution is 6.02. The molecule has 110 valence electrons. The molecule has 3 rings (SSSR count). The zero-order chi connectivity index (χ0) is 15.4. The van der Waals surface area contributed by atoms with Gasteiger partial charge < -0.3 is 4.74 Å². The molecule has 3 heteroatoms. The number of fused-ring (bicyclic) bond motifs is 1. The highest BCUT2D eigenvalue weighted by Gasteiger charge is 2.05. The largest absolute Gasteiger partial charge is 0.496 e. The molecule has 0 unspecified atom stereocenters. The Kier molecular flexibility index (Phi) is 4.05. The number of hydrogen-bond donors (Lipinski definition) is 1. The Bertz CT molecular complexity index is 825. The Hall–Kier alpha value is -2.81. The number of methoxy groups -OCH3 is 1. The van der Waals surface area contributed by atoms with Crippen LogP contribution in [-0.4, -0.2) is 13.3 Å². The molecule has 0 spiro atoms. The topological polar surface area (TPSA) is 33.6 Å². The molecule has 1 N–H and O–H groups in total. The number of ether oxygens (including phenoxy) is 1. The minimum absolute atomic E-state index is 0.814. The number of nitrogens with zero attached hydrogens (tertiary/aromatic N) is 1. The number of benzene rings is 3. The first-order valence-electron chi connectivity index (χ1n) is 7.20. The standard InChI is InChI=1S/C19H18N2O/c1-14-7-3-6-10-18(14)21-20-13-17-16-9-5-4-8-15(16)11-12-19(17)22-2/h3-13,21H,1-2H3/b20-13-. The molecule has 0 aromatic heterocycles. The zero-order valence-corrected chi connectivity index (χ0v) is 12.7. The van der Waals surface area contributed by atoms with Crippen molar-refractivity contribution in [3.8, 4) is 5.75 Å². The van der Waals surface area contributed by atoms with Gasteiger partial charge in [0.1, 0.15) is 5.75 Å². The van der Waals surface area contributed by atoms with Crippen molar-refractivity contribution in [1.29, 1.82) is 0 Å². The molecule has 0 amide bonds. The van der Waals surface area contributed by atoms with E-state index in [4.69, 9.17) is 4.74 Å². The summed E-state index contributed by atoms with van der Waals surface area (Å²) in [5.74, 6) is 0.814. The van der Waals surface area contributed by atoms with Gasteiger partial charge in [-0.25, -0.2) is 0 Å². The monoisotopic (exact) mass is 290 g/mol. The molecule has 0 heterocycles. The molecular formula is C19H18N2O. The Balaban J connectivity index is 1.96. The first-order valence-corrected chi connectivity index (χ1v) is 7.20. The fourth-order valence-corrected chi connectivity index (χ4v) is 2.45. The van der Waals surface area contributed by atoms with E-state index in [1.165, 1.54) is 5.39 Å². The number of aryl methyl sites for hydroxylation is 1. The van der Waals surface area contributed by atoms with Crippen LogP contribution in [0.3, 0.4) is 0 Å². The van der Waals surface area contributed by atoms with Crippen molar-refractivity contribution in [1.82, 2.24) is 0 Å². The number of hydrazone groups is 1. The average molecular weight is 290 g/mol. The van der Waals surface area contributed by atoms with Crippen molar-refractivity contribution < 1.29 is 4.74 Å². The lowest BCUT2D eigenvalue weighted by Gasteiger charge is -2.09. The molecular weight excluding hydrogens is 272 g/mol. The van der Waals surface area contributed by atoms with Crippen LogP contribution in [0.5, 0.6) is 5.75 Å². The van der Waals surface area contributed by atoms with Crippen molar-refractivity contribution in [2.75, 3.05) is 12.5 Å². The third-order valence-corrected chi connectivity index (χ3v) is 3.67. The van der Waals surface area contributed by atoms with Crippen LogP contribution < -0.4 is 10.2 Å². The van der Waals surface area contributed by atoms with Gasteiger partial charge >= 0.3 is 0 Å². The van der Waals surface area contributed by atoms with Gasteiger partial charge in [-0.3, -0.25) is 5.43 Å². The van der Waals surface area contributed by atoms with Gasteiger partial charge in [0.25, 0.3) is 0 Å². The van der Waals surface area contributed by atoms with Gasteiger partial charge in [-0.2, -0.15) is 5.10 Å². The van der Waals surface area contributed by atoms with Gasteiger partial charge in [-0.05, 0) is 35.4 Å². The van der Waals surface area contributed by atoms with E-state index in [1.54, 1.807) is 7.11 Å². The molecule has 0 radical (unpaired) electrons. The fourth-order valence-electron chi connectivity index (χ4n) is 2.45. The molecule has 3 aromatic carbocycles. The summed E-state index contributed by atoms with van der Waals surface area (Å²) in [4.78, 5) is 0. The summed E-state index contributed by atoms with van der Waals surface area (Å²) in [7, 11) is 1.68. The van der Waals surface area contributed by atoms with Crippen molar-refractivity contribution >= 4 is 22.7 Å². The van der Waals surface area contributed by atoms with E-state index >= 15 is 0 Å². The number of anilines is 1. The first kappa shape index (κ1) is 14.1. The summed E-state index contributed by atoms with van der Waals surface area (Å²) < 4.78 is 5.46. The minimum Gasteiger partial charge on any atom is -0.496 e. The highest BCUT2D eigenvalue weighted by Crippen LogP contribution is 2.26. The van der Waals surface area contributed by atoms with Crippen LogP contribution >= 0.6 is 0 Å². The fraction of sp³-hybridized carbons (Fsp3) is 0.105. The molecule has 0 aliphatic heterocycles. The number of para-hydroxylation sites is 1. The van der Waals surface area contributed by atoms with Crippen molar-refractivity contribution in [3.63, 3.8) is 0 Å². The summed E-state index contributed by atoms with van der Waals surface area (Å²) in [6.45, 7) is 2.05. The molecule has 22 heavy (non-hydrogen) atoms. The van der Waals surface area contributed by atoms with E-state index in [1.807, 2.05) is 42.6 Å². The molecule has 0 fully saturated rings. The van der Waals surface area contributed by atoms with Gasteiger partial charge in [0.15, 0.2) is 0 Å². The van der Waals surface area contributed by atoms with E-state index < -0.39 is 0 Å². The Morgan fingerprint density at radius 1 is 0.955 bits per heavy atom. The van der Waals surface area contributed by atoms with Crippen LogP contribution in [0.2, 0.25) is 0 Å². The Labute approximate surface area is 130 Å². The van der Waals surface area contributed by atoms with Crippen molar-refractivity contribution in [3.05, 3.63) is 71.8 Å². The number of nitrogens with one attached hydrogen (secondary N) is 1. The molecule has 0 saturated heterocycles. The summed E-state index contributed by atoms with van der Waals surface area (Å²) in [6.07, 6.45) is 1.81. The summed E-state index contributed by atoms with van der Waals surface area (Å²) >= 11 is 0. The maximum absolute atomic E-state index is 5.46. The van der Waals surface area contributed by atoms with Gasteiger partial charge in [0.05, 0.1) is 19.0 Å². The van der Waals surface area contributed by atoms with Crippen LogP contribution in [0.1, 0.15) is 11.1 Å². The van der Waals surface area contributed by atoms with Gasteiger partial charge in [0.2, 0.25) is 0 Å². The summed E-state index contributed by atoms with van der Waals surface area (Å²) in [6, 6.07) is 20.3. The third kappa shape index (κ3) is 2.79. The van der Waals surface area contributed by atoms with E-state index in [2.05, 4.69) is 41.7 Å². The first-order chi connectivity index (χ1) is 10.8. The molecule has 3 nitrogen and oxygen atoms in total. The van der Waals surface area contributed by atoms with Crippen LogP contribution in [0.15, 0.2) is 65.8 Å². The SMILES string of the molecule is COc1ccc2ccccc2c1/C=N\Nc1ccccc1C. The lowest BCUT2D eigenvalue weighted by molar-refractivity contribution is 0.415. The van der Waals surface area contributed by atoms with E-state index in [0.717, 1.165) is 28.0 Å². The maximum Gasteiger partial charge on any atom is 0.128 e. The zero-order valence-electron chi connectivity index (χ0n) is 12.7. The lowest BCUT2D eigenvalue weighted by Crippen LogP contribution is -1.96. The highest BCUT2D eigenvalue weighted by atomic mass is 16.5. The predicted molar refractivity (Wildman–Crippen MR) is 92.9 cm³/mol. The second-order valence-electron chi connectivity index (χ2n) is 5.09. The third-order valence-electron chi connectivity index (χ3n) is 3.67. The molecule has 0 saturated carbocycles. The van der Waals surface area contributed by atoms with Crippen molar-refractivity contribution in [2.24, 2.45) is 5.10 Å². The van der Waals surface area contributed by atoms with Crippen molar-refractivity contribution in [2.45, 2.75) is 6.92 Å². The van der Waals surface area contributed by atoms with Crippen LogP contribution in [0.4, 0.5) is 5.69 Å². The molecule has 0 aliphatic carbocycles. The lowest BCUT2D eigenvalue weighted by atomic mass is 10.0. The second kappa shape index (κ2) is 6.31. The second-order valence-corrected chi connectivity index (χ2v) is 5.09. The maximum atomic E-state index is 5.46. The molecule has 3 aromatic rings. The van der Waals surface area contributed by atoms with Gasteiger partial charge in [-0.15, -0.1) is 0 Å². The van der Waals surface area contributed by atoms with Gasteiger partial charge in [-0.1, -0.05) is 48.5 Å². The molecule has 0 aliphatic rings. The summed E-state index contributed by atoms with van der Waals surface area (Å²) in [5, 5.41) is 6.67. The molecule has 0 bridgehead atoms. The quantitative estimate of drug-likeness (QED) is 0.562. The average Bonchev–Trinajstić information content (AvgIpc) is 2.56. The van der Waals surface area contributed by atoms with Crippen LogP contribution in [0.25, 0.3) is 10.8 Å². The molecule has 0 atom stereocenters. The predicted octanol–water partition coefficient (Wildman–Crippen LogP) is 4.60. The van der Waals surface area contributed by atoms with E-state index in [9.17, 15) is 0 Å². The number of rotatable bonds is 4. The summed E-state index contributed by atoms with van der Waals surface area (Å²) in [5.41, 5.74) is 6.22. The van der Waals surface area contributed by atoms with E-state index in [0.29, 0.717) is 0 Å². The Morgan fingerprint density at radius 3 is 2.55 bits per heavy atom. The minimum atomic E-state index is 0.814. The normalized spacial score (nSPS) is 11.0.